The van der Waals surface area contributed by atoms with Gasteiger partial charge in [-0.15, -0.1) is 0 Å². The Hall–Kier alpha value is -1.57. The van der Waals surface area contributed by atoms with Gasteiger partial charge in [0.1, 0.15) is 0 Å². The van der Waals surface area contributed by atoms with Crippen LogP contribution in [0.4, 0.5) is 32.0 Å². The van der Waals surface area contributed by atoms with E-state index in [4.69, 9.17) is 0 Å². The Balaban J connectivity index is 3.73. The fraction of sp³-hybridized carbons (Fsp3) is 0.588. The number of hydrogen-bond donors (Lipinski definition) is 1. The molecule has 0 fully saturated rings. The van der Waals surface area contributed by atoms with Crippen LogP contribution in [0.2, 0.25) is 0 Å². The van der Waals surface area contributed by atoms with Gasteiger partial charge in [0.25, 0.3) is 5.60 Å². The van der Waals surface area contributed by atoms with E-state index in [1.165, 1.54) is 0 Å². The van der Waals surface area contributed by atoms with Crippen molar-refractivity contribution in [1.29, 1.82) is 0 Å². The van der Waals surface area contributed by atoms with Gasteiger partial charge < -0.3 is 5.11 Å². The minimum Gasteiger partial charge on any atom is -0.369 e. The Labute approximate surface area is 142 Å². The molecular formula is C17H21F6NO. The van der Waals surface area contributed by atoms with E-state index in [-0.39, 0.29) is 17.5 Å². The van der Waals surface area contributed by atoms with Crippen LogP contribution < -0.4 is 0 Å². The van der Waals surface area contributed by atoms with E-state index in [0.717, 1.165) is 0 Å². The summed E-state index contributed by atoms with van der Waals surface area (Å²) < 4.78 is 78.1. The monoisotopic (exact) mass is 369 g/mol. The molecule has 2 nitrogen and oxygen atoms in total. The highest BCUT2D eigenvalue weighted by Gasteiger charge is 2.72. The summed E-state index contributed by atoms with van der Waals surface area (Å²) in [7, 11) is 0. The summed E-state index contributed by atoms with van der Waals surface area (Å²) in [6.07, 6.45) is -11.9. The number of para-hydroxylation sites is 1. The van der Waals surface area contributed by atoms with Crippen LogP contribution in [-0.2, 0) is 0 Å². The number of aliphatic hydroxyl groups is 1. The second-order valence-electron chi connectivity index (χ2n) is 6.50. The van der Waals surface area contributed by atoms with Gasteiger partial charge >= 0.3 is 12.4 Å². The Morgan fingerprint density at radius 1 is 0.880 bits per heavy atom. The summed E-state index contributed by atoms with van der Waals surface area (Å²) in [5, 5.41) is 9.49. The zero-order valence-corrected chi connectivity index (χ0v) is 14.5. The highest BCUT2D eigenvalue weighted by molar-refractivity contribution is 5.94. The van der Waals surface area contributed by atoms with Crippen LogP contribution >= 0.6 is 0 Å². The Bertz CT molecular complexity index is 603. The first-order valence-electron chi connectivity index (χ1n) is 7.69. The lowest BCUT2D eigenvalue weighted by Crippen LogP contribution is -2.61. The third-order valence-corrected chi connectivity index (χ3v) is 3.97. The summed E-state index contributed by atoms with van der Waals surface area (Å²) >= 11 is 0. The van der Waals surface area contributed by atoms with Crippen LogP contribution in [0.15, 0.2) is 23.2 Å². The number of nitrogens with zero attached hydrogens (tertiary/aromatic N) is 1. The zero-order chi connectivity index (χ0) is 19.8. The molecule has 142 valence electrons. The van der Waals surface area contributed by atoms with Gasteiger partial charge in [0.15, 0.2) is 0 Å². The second kappa shape index (κ2) is 6.97. The van der Waals surface area contributed by atoms with Gasteiger partial charge in [-0.3, -0.25) is 4.99 Å². The van der Waals surface area contributed by atoms with Crippen molar-refractivity contribution in [2.75, 3.05) is 0 Å². The molecule has 0 bridgehead atoms. The molecule has 1 aromatic carbocycles. The van der Waals surface area contributed by atoms with Gasteiger partial charge in [-0.05, 0) is 29.9 Å². The molecular weight excluding hydrogens is 348 g/mol. The molecule has 0 atom stereocenters. The van der Waals surface area contributed by atoms with Crippen molar-refractivity contribution in [3.63, 3.8) is 0 Å². The zero-order valence-electron chi connectivity index (χ0n) is 14.5. The summed E-state index contributed by atoms with van der Waals surface area (Å²) in [4.78, 5) is 3.63. The van der Waals surface area contributed by atoms with Crippen LogP contribution in [0.25, 0.3) is 0 Å². The lowest BCUT2D eigenvalue weighted by molar-refractivity contribution is -0.338. The molecule has 0 aliphatic carbocycles. The lowest BCUT2D eigenvalue weighted by Gasteiger charge is -2.32. The van der Waals surface area contributed by atoms with Crippen LogP contribution in [0.3, 0.4) is 0 Å². The number of alkyl halides is 6. The standard InChI is InChI=1S/C17H21F6NO/c1-9(2)12-7-6-8-13(10(3)4)14(12)24-11(5)15(25,16(18,19)20)17(21,22)23/h6-10,25H,1-5H3/b24-11-. The summed E-state index contributed by atoms with van der Waals surface area (Å²) in [5.41, 5.74) is -5.40. The fourth-order valence-corrected chi connectivity index (χ4v) is 2.46. The normalized spacial score (nSPS) is 14.6. The number of aliphatic imine (C=N–C) groups is 1. The Morgan fingerprint density at radius 2 is 1.24 bits per heavy atom. The molecule has 0 spiro atoms. The van der Waals surface area contributed by atoms with Crippen LogP contribution in [0, 0.1) is 0 Å². The number of benzene rings is 1. The van der Waals surface area contributed by atoms with Gasteiger partial charge in [-0.2, -0.15) is 26.3 Å². The summed E-state index contributed by atoms with van der Waals surface area (Å²) in [6.45, 7) is 7.57. The Kier molecular flexibility index (Phi) is 5.99. The van der Waals surface area contributed by atoms with Crippen LogP contribution in [0.5, 0.6) is 0 Å². The van der Waals surface area contributed by atoms with Gasteiger partial charge in [0.2, 0.25) is 0 Å². The van der Waals surface area contributed by atoms with E-state index in [1.54, 1.807) is 45.9 Å². The van der Waals surface area contributed by atoms with Gasteiger partial charge in [0, 0.05) is 0 Å². The van der Waals surface area contributed by atoms with Crippen molar-refractivity contribution in [1.82, 2.24) is 0 Å². The molecule has 8 heteroatoms. The van der Waals surface area contributed by atoms with Crippen molar-refractivity contribution in [2.24, 2.45) is 4.99 Å². The summed E-state index contributed by atoms with van der Waals surface area (Å²) in [5.74, 6) is -0.342. The van der Waals surface area contributed by atoms with Crippen molar-refractivity contribution in [3.05, 3.63) is 29.3 Å². The van der Waals surface area contributed by atoms with Gasteiger partial charge in [0.05, 0.1) is 11.4 Å². The number of halogens is 6. The number of hydrogen-bond acceptors (Lipinski definition) is 2. The van der Waals surface area contributed by atoms with E-state index in [9.17, 15) is 31.4 Å². The average molecular weight is 369 g/mol. The predicted molar refractivity (Wildman–Crippen MR) is 84.4 cm³/mol. The molecule has 0 heterocycles. The molecule has 0 amide bonds. The Morgan fingerprint density at radius 3 is 1.52 bits per heavy atom. The first-order chi connectivity index (χ1) is 11.1. The number of rotatable bonds is 4. The quantitative estimate of drug-likeness (QED) is 0.522. The van der Waals surface area contributed by atoms with E-state index in [0.29, 0.717) is 18.1 Å². The molecule has 0 aliphatic rings. The largest absolute Gasteiger partial charge is 0.431 e. The molecule has 1 aromatic rings. The van der Waals surface area contributed by atoms with E-state index < -0.39 is 23.7 Å². The smallest absolute Gasteiger partial charge is 0.369 e. The van der Waals surface area contributed by atoms with Crippen molar-refractivity contribution in [3.8, 4) is 0 Å². The highest BCUT2D eigenvalue weighted by atomic mass is 19.4. The first kappa shape index (κ1) is 21.5. The maximum atomic E-state index is 13.0. The third-order valence-electron chi connectivity index (χ3n) is 3.97. The van der Waals surface area contributed by atoms with E-state index in [2.05, 4.69) is 4.99 Å². The van der Waals surface area contributed by atoms with Gasteiger partial charge in [-0.25, -0.2) is 0 Å². The first-order valence-corrected chi connectivity index (χ1v) is 7.69. The molecule has 0 saturated heterocycles. The fourth-order valence-electron chi connectivity index (χ4n) is 2.46. The van der Waals surface area contributed by atoms with Crippen molar-refractivity contribution in [2.45, 2.75) is 64.4 Å². The molecule has 1 N–H and O–H groups in total. The molecule has 0 radical (unpaired) electrons. The molecule has 0 aliphatic heterocycles. The van der Waals surface area contributed by atoms with E-state index in [1.807, 2.05) is 0 Å². The van der Waals surface area contributed by atoms with E-state index >= 15 is 0 Å². The minimum absolute atomic E-state index is 0.0388. The predicted octanol–water partition coefficient (Wildman–Crippen LogP) is 5.88. The molecule has 25 heavy (non-hydrogen) atoms. The summed E-state index contributed by atoms with van der Waals surface area (Å²) in [6, 6.07) is 4.88. The average Bonchev–Trinajstić information content (AvgIpc) is 2.43. The third kappa shape index (κ3) is 3.99. The maximum absolute atomic E-state index is 13.0. The molecule has 0 aromatic heterocycles. The highest BCUT2D eigenvalue weighted by Crippen LogP contribution is 2.45. The van der Waals surface area contributed by atoms with Gasteiger partial charge in [-0.1, -0.05) is 45.9 Å². The van der Waals surface area contributed by atoms with Crippen LogP contribution in [0.1, 0.15) is 57.6 Å². The lowest BCUT2D eigenvalue weighted by atomic mass is 9.91. The topological polar surface area (TPSA) is 32.6 Å². The van der Waals surface area contributed by atoms with Crippen molar-refractivity contribution >= 4 is 11.4 Å². The SMILES string of the molecule is C/C(=N/c1c(C(C)C)cccc1C(C)C)C(O)(C(F)(F)F)C(F)(F)F. The van der Waals surface area contributed by atoms with Crippen LogP contribution in [-0.4, -0.2) is 28.8 Å². The molecule has 0 unspecified atom stereocenters. The molecule has 0 saturated carbocycles. The minimum atomic E-state index is -5.94. The molecule has 1 rings (SSSR count). The maximum Gasteiger partial charge on any atom is 0.431 e. The second-order valence-corrected chi connectivity index (χ2v) is 6.50. The van der Waals surface area contributed by atoms with Crippen molar-refractivity contribution < 1.29 is 31.4 Å².